The summed E-state index contributed by atoms with van der Waals surface area (Å²) in [4.78, 5) is 29.4. The predicted molar refractivity (Wildman–Crippen MR) is 87.1 cm³/mol. The number of anilines is 1. The molecule has 2 heterocycles. The average Bonchev–Trinajstić information content (AvgIpc) is 3.02. The van der Waals surface area contributed by atoms with Gasteiger partial charge in [-0.1, -0.05) is 11.3 Å². The highest BCUT2D eigenvalue weighted by Gasteiger charge is 2.41. The summed E-state index contributed by atoms with van der Waals surface area (Å²) < 4.78 is 0. The second kappa shape index (κ2) is 6.75. The van der Waals surface area contributed by atoms with Crippen molar-refractivity contribution in [3.8, 4) is 0 Å². The lowest BCUT2D eigenvalue weighted by Crippen LogP contribution is -2.38. The number of hydrogen-bond acceptors (Lipinski definition) is 7. The van der Waals surface area contributed by atoms with Crippen LogP contribution in [-0.4, -0.2) is 68.9 Å². The van der Waals surface area contributed by atoms with Crippen LogP contribution in [-0.2, 0) is 4.79 Å². The van der Waals surface area contributed by atoms with E-state index < -0.39 is 18.2 Å². The first-order chi connectivity index (χ1) is 11.3. The minimum absolute atomic E-state index is 0.125. The number of thiazole rings is 1. The first-order valence-electron chi connectivity index (χ1n) is 7.92. The molecule has 0 unspecified atom stereocenters. The highest BCUT2D eigenvalue weighted by atomic mass is 32.1. The zero-order chi connectivity index (χ0) is 17.4. The van der Waals surface area contributed by atoms with Gasteiger partial charge < -0.3 is 20.6 Å². The molecule has 0 spiro atoms. The summed E-state index contributed by atoms with van der Waals surface area (Å²) in [6.45, 7) is 3.23. The van der Waals surface area contributed by atoms with Gasteiger partial charge in [0, 0.05) is 13.1 Å². The quantitative estimate of drug-likeness (QED) is 0.606. The summed E-state index contributed by atoms with van der Waals surface area (Å²) in [5, 5.41) is 31.5. The summed E-state index contributed by atoms with van der Waals surface area (Å²) in [6, 6.07) is 0. The lowest BCUT2D eigenvalue weighted by atomic mass is 9.79. The number of aromatic nitrogens is 1. The van der Waals surface area contributed by atoms with Gasteiger partial charge in [-0.3, -0.25) is 9.69 Å². The molecule has 0 aromatic carbocycles. The third-order valence-electron chi connectivity index (χ3n) is 4.79. The van der Waals surface area contributed by atoms with Crippen LogP contribution >= 0.6 is 11.3 Å². The summed E-state index contributed by atoms with van der Waals surface area (Å²) in [7, 11) is 0. The van der Waals surface area contributed by atoms with Crippen LogP contribution in [0.3, 0.4) is 0 Å². The number of aliphatic hydroxyl groups excluding tert-OH is 2. The number of carboxylic acids is 1. The number of nitrogens with zero attached hydrogens (tertiary/aromatic N) is 2. The molecule has 1 aliphatic carbocycles. The largest absolute Gasteiger partial charge is 0.477 e. The van der Waals surface area contributed by atoms with Crippen LogP contribution in [0.15, 0.2) is 0 Å². The van der Waals surface area contributed by atoms with E-state index in [4.69, 9.17) is 5.11 Å². The third kappa shape index (κ3) is 3.59. The van der Waals surface area contributed by atoms with Gasteiger partial charge in [-0.2, -0.15) is 0 Å². The average molecular weight is 355 g/mol. The van der Waals surface area contributed by atoms with Crippen molar-refractivity contribution in [2.75, 3.05) is 25.0 Å². The monoisotopic (exact) mass is 355 g/mol. The number of carbonyl (C=O) groups is 2. The Kier molecular flexibility index (Phi) is 4.86. The minimum Gasteiger partial charge on any atom is -0.477 e. The van der Waals surface area contributed by atoms with E-state index in [-0.39, 0.29) is 22.5 Å². The van der Waals surface area contributed by atoms with Gasteiger partial charge in [0.25, 0.3) is 0 Å². The number of hydrogen-bond donors (Lipinski definition) is 4. The van der Waals surface area contributed by atoms with Crippen LogP contribution in [0.1, 0.15) is 28.2 Å². The van der Waals surface area contributed by atoms with Crippen LogP contribution in [0, 0.1) is 18.8 Å². The Balaban J connectivity index is 1.54. The van der Waals surface area contributed by atoms with E-state index >= 15 is 0 Å². The van der Waals surface area contributed by atoms with Crippen LogP contribution in [0.4, 0.5) is 5.13 Å². The van der Waals surface area contributed by atoms with Gasteiger partial charge in [-0.05, 0) is 31.6 Å². The molecule has 1 aromatic heterocycles. The molecule has 1 aromatic rings. The molecule has 9 heteroatoms. The standard InChI is InChI=1S/C15H21N3O5S/c1-7-13(14(22)23)24-15(16-7)17-12(21)6-18-4-8-2-10(19)11(20)3-9(8)5-18/h8-11,19-20H,2-6H2,1H3,(H,22,23)(H,16,17,21)/t8-,9+,10-,11-/m0/s1. The van der Waals surface area contributed by atoms with Gasteiger partial charge >= 0.3 is 5.97 Å². The van der Waals surface area contributed by atoms with E-state index in [9.17, 15) is 19.8 Å². The minimum atomic E-state index is -1.05. The number of rotatable bonds is 4. The van der Waals surface area contributed by atoms with Gasteiger partial charge in [0.15, 0.2) is 5.13 Å². The number of carbonyl (C=O) groups excluding carboxylic acids is 1. The molecule has 1 saturated heterocycles. The number of aliphatic hydroxyl groups is 2. The molecule has 1 amide bonds. The number of nitrogens with one attached hydrogen (secondary N) is 1. The highest BCUT2D eigenvalue weighted by molar-refractivity contribution is 7.17. The van der Waals surface area contributed by atoms with Gasteiger partial charge in [0.2, 0.25) is 5.91 Å². The number of likely N-dealkylation sites (tertiary alicyclic amines) is 1. The molecular weight excluding hydrogens is 334 g/mol. The van der Waals surface area contributed by atoms with Crippen LogP contribution < -0.4 is 5.32 Å². The second-order valence-corrected chi connectivity index (χ2v) is 7.61. The Morgan fingerprint density at radius 2 is 1.83 bits per heavy atom. The van der Waals surface area contributed by atoms with E-state index in [0.29, 0.717) is 30.4 Å². The molecule has 0 radical (unpaired) electrons. The molecule has 2 fully saturated rings. The molecule has 3 rings (SSSR count). The Hall–Kier alpha value is -1.55. The highest BCUT2D eigenvalue weighted by Crippen LogP contribution is 2.36. The molecule has 132 valence electrons. The first-order valence-corrected chi connectivity index (χ1v) is 8.74. The predicted octanol–water partition coefficient (Wildman–Crippen LogP) is 0.152. The van der Waals surface area contributed by atoms with Crippen molar-refractivity contribution in [2.24, 2.45) is 11.8 Å². The molecule has 1 aliphatic heterocycles. The molecule has 8 nitrogen and oxygen atoms in total. The SMILES string of the molecule is Cc1nc(NC(=O)CN2C[C@H]3C[C@H](O)[C@@H](O)C[C@H]3C2)sc1C(=O)O. The molecule has 24 heavy (non-hydrogen) atoms. The third-order valence-corrected chi connectivity index (χ3v) is 5.85. The van der Waals surface area contributed by atoms with Gasteiger partial charge in [-0.15, -0.1) is 0 Å². The van der Waals surface area contributed by atoms with Crippen molar-refractivity contribution >= 4 is 28.3 Å². The van der Waals surface area contributed by atoms with Crippen molar-refractivity contribution < 1.29 is 24.9 Å². The fourth-order valence-corrected chi connectivity index (χ4v) is 4.47. The Bertz CT molecular complexity index is 631. The molecule has 2 aliphatic rings. The number of carboxylic acid groups (broad SMARTS) is 1. The topological polar surface area (TPSA) is 123 Å². The maximum Gasteiger partial charge on any atom is 0.347 e. The van der Waals surface area contributed by atoms with Crippen LogP contribution in [0.5, 0.6) is 0 Å². The maximum atomic E-state index is 12.2. The van der Waals surface area contributed by atoms with Crippen molar-refractivity contribution in [1.82, 2.24) is 9.88 Å². The molecule has 4 atom stereocenters. The summed E-state index contributed by atoms with van der Waals surface area (Å²) in [5.41, 5.74) is 0.387. The molecular formula is C15H21N3O5S. The lowest BCUT2D eigenvalue weighted by Gasteiger charge is -2.32. The lowest BCUT2D eigenvalue weighted by molar-refractivity contribution is -0.117. The van der Waals surface area contributed by atoms with E-state index in [0.717, 1.165) is 24.4 Å². The van der Waals surface area contributed by atoms with Crippen molar-refractivity contribution in [3.05, 3.63) is 10.6 Å². The summed E-state index contributed by atoms with van der Waals surface area (Å²) in [6.07, 6.45) is -0.213. The first kappa shape index (κ1) is 17.3. The number of amides is 1. The number of aromatic carboxylic acids is 1. The van der Waals surface area contributed by atoms with Gasteiger partial charge in [0.05, 0.1) is 24.4 Å². The van der Waals surface area contributed by atoms with Crippen molar-refractivity contribution in [2.45, 2.75) is 32.0 Å². The summed E-state index contributed by atoms with van der Waals surface area (Å²) >= 11 is 0.947. The molecule has 0 bridgehead atoms. The van der Waals surface area contributed by atoms with Crippen LogP contribution in [0.25, 0.3) is 0 Å². The Labute approximate surface area is 143 Å². The second-order valence-electron chi connectivity index (χ2n) is 6.61. The smallest absolute Gasteiger partial charge is 0.347 e. The Morgan fingerprint density at radius 1 is 1.25 bits per heavy atom. The van der Waals surface area contributed by atoms with E-state index in [1.807, 2.05) is 4.90 Å². The molecule has 4 N–H and O–H groups in total. The van der Waals surface area contributed by atoms with E-state index in [1.54, 1.807) is 6.92 Å². The zero-order valence-electron chi connectivity index (χ0n) is 13.3. The normalized spacial score (nSPS) is 30.1. The van der Waals surface area contributed by atoms with Crippen molar-refractivity contribution in [3.63, 3.8) is 0 Å². The fourth-order valence-electron chi connectivity index (χ4n) is 3.64. The maximum absolute atomic E-state index is 12.2. The van der Waals surface area contributed by atoms with Gasteiger partial charge in [-0.25, -0.2) is 9.78 Å². The van der Waals surface area contributed by atoms with Crippen molar-refractivity contribution in [1.29, 1.82) is 0 Å². The van der Waals surface area contributed by atoms with E-state index in [2.05, 4.69) is 10.3 Å². The molecule has 1 saturated carbocycles. The number of fused-ring (bicyclic) bond motifs is 1. The Morgan fingerprint density at radius 3 is 2.33 bits per heavy atom. The zero-order valence-corrected chi connectivity index (χ0v) is 14.1. The van der Waals surface area contributed by atoms with Crippen LogP contribution in [0.2, 0.25) is 0 Å². The van der Waals surface area contributed by atoms with Gasteiger partial charge in [0.1, 0.15) is 4.88 Å². The fraction of sp³-hybridized carbons (Fsp3) is 0.667. The number of aryl methyl sites for hydroxylation is 1. The van der Waals surface area contributed by atoms with E-state index in [1.165, 1.54) is 0 Å². The summed E-state index contributed by atoms with van der Waals surface area (Å²) in [5.74, 6) is -0.680.